The lowest BCUT2D eigenvalue weighted by atomic mass is 10.2. The van der Waals surface area contributed by atoms with Crippen molar-refractivity contribution < 1.29 is 9.53 Å². The number of methoxy groups -OCH3 is 1. The van der Waals surface area contributed by atoms with Crippen LogP contribution in [0.15, 0.2) is 41.3 Å². The first-order valence-electron chi connectivity index (χ1n) is 8.19. The highest BCUT2D eigenvalue weighted by Gasteiger charge is 2.13. The van der Waals surface area contributed by atoms with Crippen molar-refractivity contribution in [1.29, 1.82) is 0 Å². The monoisotopic (exact) mass is 406 g/mol. The number of fused-ring (bicyclic) bond motifs is 1. The maximum atomic E-state index is 12.2. The summed E-state index contributed by atoms with van der Waals surface area (Å²) in [7, 11) is 1.63. The Morgan fingerprint density at radius 2 is 2.04 bits per heavy atom. The van der Waals surface area contributed by atoms with Crippen LogP contribution in [0.2, 0.25) is 5.02 Å². The molecule has 0 aliphatic carbocycles. The van der Waals surface area contributed by atoms with Crippen molar-refractivity contribution >= 4 is 56.0 Å². The number of carbonyl (C=O) groups excluding carboxylic acids is 1. The van der Waals surface area contributed by atoms with Gasteiger partial charge in [0.1, 0.15) is 11.3 Å². The van der Waals surface area contributed by atoms with Crippen LogP contribution in [0.1, 0.15) is 18.4 Å². The van der Waals surface area contributed by atoms with E-state index in [0.717, 1.165) is 43.6 Å². The normalized spacial score (nSPS) is 10.9. The summed E-state index contributed by atoms with van der Waals surface area (Å²) >= 11 is 9.07. The molecule has 3 aromatic rings. The fraction of sp³-hybridized carbons (Fsp3) is 0.263. The minimum absolute atomic E-state index is 0.0163. The second kappa shape index (κ2) is 8.75. The number of aromatic nitrogens is 1. The molecule has 0 fully saturated rings. The standard InChI is InChI=1S/C19H19ClN2O2S2/c1-12-5-10-15(24-2)17-18(12)26-19(22-17)21-16(23)4-3-11-25-14-8-6-13(20)7-9-14/h5-10H,3-4,11H2,1-2H3,(H,21,22,23). The highest BCUT2D eigenvalue weighted by molar-refractivity contribution is 7.99. The number of hydrogen-bond acceptors (Lipinski definition) is 5. The molecule has 0 saturated carbocycles. The van der Waals surface area contributed by atoms with Crippen LogP contribution in [0.3, 0.4) is 0 Å². The van der Waals surface area contributed by atoms with Gasteiger partial charge in [-0.25, -0.2) is 4.98 Å². The highest BCUT2D eigenvalue weighted by Crippen LogP contribution is 2.34. The van der Waals surface area contributed by atoms with Crippen molar-refractivity contribution in [2.45, 2.75) is 24.7 Å². The first kappa shape index (κ1) is 19.0. The minimum Gasteiger partial charge on any atom is -0.494 e. The van der Waals surface area contributed by atoms with E-state index < -0.39 is 0 Å². The molecule has 0 saturated heterocycles. The summed E-state index contributed by atoms with van der Waals surface area (Å²) in [6.45, 7) is 2.03. The summed E-state index contributed by atoms with van der Waals surface area (Å²) in [5.41, 5.74) is 1.92. The van der Waals surface area contributed by atoms with Crippen LogP contribution in [0.25, 0.3) is 10.2 Å². The molecule has 1 heterocycles. The number of anilines is 1. The number of rotatable bonds is 7. The summed E-state index contributed by atoms with van der Waals surface area (Å²) in [5, 5.41) is 4.25. The van der Waals surface area contributed by atoms with E-state index >= 15 is 0 Å². The van der Waals surface area contributed by atoms with E-state index in [9.17, 15) is 4.79 Å². The van der Waals surface area contributed by atoms with E-state index in [1.54, 1.807) is 18.9 Å². The predicted molar refractivity (Wildman–Crippen MR) is 111 cm³/mol. The molecule has 2 aromatic carbocycles. The summed E-state index contributed by atoms with van der Waals surface area (Å²) in [5.74, 6) is 1.58. The molecule has 1 N–H and O–H groups in total. The Balaban J connectivity index is 1.52. The topological polar surface area (TPSA) is 51.2 Å². The van der Waals surface area contributed by atoms with E-state index in [1.807, 2.05) is 43.3 Å². The Morgan fingerprint density at radius 3 is 2.77 bits per heavy atom. The molecule has 0 bridgehead atoms. The number of thiazole rings is 1. The number of nitrogens with one attached hydrogen (secondary N) is 1. The molecule has 0 radical (unpaired) electrons. The third kappa shape index (κ3) is 4.69. The smallest absolute Gasteiger partial charge is 0.226 e. The Labute approximate surface area is 165 Å². The van der Waals surface area contributed by atoms with Crippen LogP contribution in [0, 0.1) is 6.92 Å². The van der Waals surface area contributed by atoms with Crippen LogP contribution < -0.4 is 10.1 Å². The lowest BCUT2D eigenvalue weighted by molar-refractivity contribution is -0.116. The predicted octanol–water partition coefficient (Wildman–Crippen LogP) is 5.78. The number of thioether (sulfide) groups is 1. The molecular weight excluding hydrogens is 388 g/mol. The quantitative estimate of drug-likeness (QED) is 0.399. The van der Waals surface area contributed by atoms with Gasteiger partial charge in [-0.2, -0.15) is 0 Å². The minimum atomic E-state index is -0.0163. The van der Waals surface area contributed by atoms with Gasteiger partial charge in [0.15, 0.2) is 5.13 Å². The first-order chi connectivity index (χ1) is 12.6. The number of nitrogens with zero attached hydrogens (tertiary/aromatic N) is 1. The largest absolute Gasteiger partial charge is 0.494 e. The number of amides is 1. The fourth-order valence-corrected chi connectivity index (χ4v) is 4.41. The molecule has 0 unspecified atom stereocenters. The fourth-order valence-electron chi connectivity index (χ4n) is 2.46. The summed E-state index contributed by atoms with van der Waals surface area (Å²) in [6.07, 6.45) is 1.26. The molecule has 0 aliphatic heterocycles. The molecular formula is C19H19ClN2O2S2. The zero-order valence-corrected chi connectivity index (χ0v) is 16.9. The van der Waals surface area contributed by atoms with Crippen LogP contribution in [0.4, 0.5) is 5.13 Å². The molecule has 3 rings (SSSR count). The van der Waals surface area contributed by atoms with E-state index in [4.69, 9.17) is 16.3 Å². The molecule has 4 nitrogen and oxygen atoms in total. The lowest BCUT2D eigenvalue weighted by Gasteiger charge is -2.03. The molecule has 0 aliphatic rings. The van der Waals surface area contributed by atoms with Crippen molar-refractivity contribution in [1.82, 2.24) is 4.98 Å². The second-order valence-electron chi connectivity index (χ2n) is 5.74. The van der Waals surface area contributed by atoms with Crippen molar-refractivity contribution in [2.24, 2.45) is 0 Å². The maximum absolute atomic E-state index is 12.2. The lowest BCUT2D eigenvalue weighted by Crippen LogP contribution is -2.11. The first-order valence-corrected chi connectivity index (χ1v) is 10.4. The maximum Gasteiger partial charge on any atom is 0.226 e. The van der Waals surface area contributed by atoms with E-state index in [-0.39, 0.29) is 5.91 Å². The molecule has 0 atom stereocenters. The molecule has 136 valence electrons. The molecule has 7 heteroatoms. The van der Waals surface area contributed by atoms with Gasteiger partial charge in [-0.15, -0.1) is 11.8 Å². The molecule has 1 amide bonds. The van der Waals surface area contributed by atoms with Gasteiger partial charge in [-0.05, 0) is 55.0 Å². The molecule has 0 spiro atoms. The van der Waals surface area contributed by atoms with Crippen molar-refractivity contribution in [3.8, 4) is 5.75 Å². The van der Waals surface area contributed by atoms with Gasteiger partial charge in [0, 0.05) is 16.3 Å². The van der Waals surface area contributed by atoms with Gasteiger partial charge in [-0.1, -0.05) is 29.0 Å². The van der Waals surface area contributed by atoms with Crippen LogP contribution in [0.5, 0.6) is 5.75 Å². The van der Waals surface area contributed by atoms with Gasteiger partial charge >= 0.3 is 0 Å². The third-order valence-electron chi connectivity index (χ3n) is 3.80. The average molecular weight is 407 g/mol. The Hall–Kier alpha value is -1.76. The average Bonchev–Trinajstić information content (AvgIpc) is 3.05. The zero-order chi connectivity index (χ0) is 18.5. The van der Waals surface area contributed by atoms with Gasteiger partial charge < -0.3 is 10.1 Å². The summed E-state index contributed by atoms with van der Waals surface area (Å²) in [6, 6.07) is 11.6. The third-order valence-corrected chi connectivity index (χ3v) is 6.26. The second-order valence-corrected chi connectivity index (χ2v) is 8.34. The van der Waals surface area contributed by atoms with Crippen LogP contribution in [-0.2, 0) is 4.79 Å². The Bertz CT molecular complexity index is 910. The number of ether oxygens (including phenoxy) is 1. The van der Waals surface area contributed by atoms with Crippen LogP contribution in [-0.4, -0.2) is 23.8 Å². The van der Waals surface area contributed by atoms with Gasteiger partial charge in [-0.3, -0.25) is 4.79 Å². The summed E-state index contributed by atoms with van der Waals surface area (Å²) < 4.78 is 6.39. The van der Waals surface area contributed by atoms with Crippen molar-refractivity contribution in [3.05, 3.63) is 47.0 Å². The summed E-state index contributed by atoms with van der Waals surface area (Å²) in [4.78, 5) is 17.9. The van der Waals surface area contributed by atoms with Crippen LogP contribution >= 0.6 is 34.7 Å². The Kier molecular flexibility index (Phi) is 6.40. The highest BCUT2D eigenvalue weighted by atomic mass is 35.5. The van der Waals surface area contributed by atoms with Gasteiger partial charge in [0.05, 0.1) is 11.8 Å². The van der Waals surface area contributed by atoms with Gasteiger partial charge in [0.2, 0.25) is 5.91 Å². The number of benzene rings is 2. The van der Waals surface area contributed by atoms with E-state index in [0.29, 0.717) is 11.6 Å². The van der Waals surface area contributed by atoms with E-state index in [2.05, 4.69) is 10.3 Å². The zero-order valence-electron chi connectivity index (χ0n) is 14.5. The number of hydrogen-bond donors (Lipinski definition) is 1. The number of aryl methyl sites for hydroxylation is 1. The molecule has 26 heavy (non-hydrogen) atoms. The number of halogens is 1. The van der Waals surface area contributed by atoms with Crippen molar-refractivity contribution in [2.75, 3.05) is 18.2 Å². The van der Waals surface area contributed by atoms with E-state index in [1.165, 1.54) is 11.3 Å². The van der Waals surface area contributed by atoms with Gasteiger partial charge in [0.25, 0.3) is 0 Å². The SMILES string of the molecule is COc1ccc(C)c2sc(NC(=O)CCCSc3ccc(Cl)cc3)nc12. The molecule has 1 aromatic heterocycles. The number of carbonyl (C=O) groups is 1. The Morgan fingerprint density at radius 1 is 1.27 bits per heavy atom. The van der Waals surface area contributed by atoms with Crippen molar-refractivity contribution in [3.63, 3.8) is 0 Å².